The number of aromatic nitrogens is 1. The summed E-state index contributed by atoms with van der Waals surface area (Å²) >= 11 is 0. The summed E-state index contributed by atoms with van der Waals surface area (Å²) in [6, 6.07) is 9.45. The van der Waals surface area contributed by atoms with Crippen molar-refractivity contribution in [2.24, 2.45) is 0 Å². The summed E-state index contributed by atoms with van der Waals surface area (Å²) in [5.74, 6) is 3.55. The molecule has 0 saturated heterocycles. The molecule has 0 amide bonds. The van der Waals surface area contributed by atoms with E-state index in [1.165, 1.54) is 5.56 Å². The Morgan fingerprint density at radius 3 is 3.00 bits per heavy atom. The number of ether oxygens (including phenoxy) is 2. The molecule has 2 N–H and O–H groups in total. The Kier molecular flexibility index (Phi) is 1.84. The van der Waals surface area contributed by atoms with Gasteiger partial charge in [-0.15, -0.1) is 0 Å². The number of hydrogen-bond acceptors (Lipinski definition) is 4. The molecule has 0 bridgehead atoms. The van der Waals surface area contributed by atoms with Gasteiger partial charge in [-0.05, 0) is 30.7 Å². The highest BCUT2D eigenvalue weighted by molar-refractivity contribution is 5.50. The van der Waals surface area contributed by atoms with E-state index in [-0.39, 0.29) is 0 Å². The molecule has 1 aromatic carbocycles. The normalized spacial score (nSPS) is 22.9. The summed E-state index contributed by atoms with van der Waals surface area (Å²) < 4.78 is 11.5. The van der Waals surface area contributed by atoms with Gasteiger partial charge in [0.05, 0.1) is 0 Å². The van der Waals surface area contributed by atoms with Crippen LogP contribution in [0.25, 0.3) is 0 Å². The van der Waals surface area contributed by atoms with Gasteiger partial charge in [0.15, 0.2) is 0 Å². The topological polar surface area (TPSA) is 57.4 Å². The minimum Gasteiger partial charge on any atom is -0.489 e. The fourth-order valence-electron chi connectivity index (χ4n) is 2.41. The second-order valence-corrected chi connectivity index (χ2v) is 4.72. The Morgan fingerprint density at radius 2 is 2.11 bits per heavy atom. The quantitative estimate of drug-likeness (QED) is 0.876. The van der Waals surface area contributed by atoms with Gasteiger partial charge in [0, 0.05) is 23.7 Å². The first-order chi connectivity index (χ1) is 8.79. The van der Waals surface area contributed by atoms with E-state index in [0.29, 0.717) is 23.6 Å². The number of hydrogen-bond donors (Lipinski definition) is 1. The summed E-state index contributed by atoms with van der Waals surface area (Å²) in [5.41, 5.74) is 6.88. The highest BCUT2D eigenvalue weighted by Gasteiger charge is 2.48. The van der Waals surface area contributed by atoms with Gasteiger partial charge in [-0.1, -0.05) is 0 Å². The molecular weight excluding hydrogens is 228 g/mol. The number of nitrogens with zero attached hydrogens (tertiary/aromatic N) is 1. The van der Waals surface area contributed by atoms with Crippen molar-refractivity contribution in [1.82, 2.24) is 4.98 Å². The lowest BCUT2D eigenvalue weighted by atomic mass is 10.1. The van der Waals surface area contributed by atoms with Crippen LogP contribution in [0.5, 0.6) is 17.2 Å². The van der Waals surface area contributed by atoms with Crippen molar-refractivity contribution >= 4 is 5.82 Å². The summed E-state index contributed by atoms with van der Waals surface area (Å²) in [6.45, 7) is 0. The third kappa shape index (κ3) is 1.49. The van der Waals surface area contributed by atoms with Crippen LogP contribution >= 0.6 is 0 Å². The lowest BCUT2D eigenvalue weighted by Crippen LogP contribution is -1.92. The van der Waals surface area contributed by atoms with Gasteiger partial charge in [0.25, 0.3) is 0 Å². The fraction of sp³-hybridized carbons (Fsp3) is 0.214. The van der Waals surface area contributed by atoms with Crippen LogP contribution in [-0.4, -0.2) is 11.1 Å². The monoisotopic (exact) mass is 240 g/mol. The zero-order valence-electron chi connectivity index (χ0n) is 9.67. The summed E-state index contributed by atoms with van der Waals surface area (Å²) in [7, 11) is 0. The zero-order valence-corrected chi connectivity index (χ0v) is 9.67. The van der Waals surface area contributed by atoms with Gasteiger partial charge < -0.3 is 15.2 Å². The largest absolute Gasteiger partial charge is 0.489 e. The Balaban J connectivity index is 1.64. The number of fused-ring (bicyclic) bond motifs is 3. The number of anilines is 1. The van der Waals surface area contributed by atoms with E-state index in [1.54, 1.807) is 18.3 Å². The average Bonchev–Trinajstić information content (AvgIpc) is 3.03. The maximum atomic E-state index is 5.78. The maximum Gasteiger partial charge on any atom is 0.132 e. The summed E-state index contributed by atoms with van der Waals surface area (Å²) in [4.78, 5) is 3.94. The number of nitrogens with two attached hydrogens (primary N) is 1. The van der Waals surface area contributed by atoms with Crippen LogP contribution in [0, 0.1) is 0 Å². The number of benzene rings is 1. The molecule has 90 valence electrons. The molecule has 2 aromatic rings. The highest BCUT2D eigenvalue weighted by Crippen LogP contribution is 2.54. The van der Waals surface area contributed by atoms with Crippen molar-refractivity contribution in [1.29, 1.82) is 0 Å². The molecule has 0 spiro atoms. The standard InChI is InChI=1S/C14H12N2O2/c15-14-6-9(3-4-16-14)17-8-1-2-12-10(5-8)11-7-13(11)18-12/h1-6,11,13H,7H2,(H2,15,16)/t11-,13-/m1/s1. The zero-order chi connectivity index (χ0) is 12.1. The van der Waals surface area contributed by atoms with Gasteiger partial charge in [-0.3, -0.25) is 0 Å². The first kappa shape index (κ1) is 9.76. The van der Waals surface area contributed by atoms with Crippen LogP contribution in [0.2, 0.25) is 0 Å². The smallest absolute Gasteiger partial charge is 0.132 e. The van der Waals surface area contributed by atoms with Crippen molar-refractivity contribution < 1.29 is 9.47 Å². The second-order valence-electron chi connectivity index (χ2n) is 4.72. The van der Waals surface area contributed by atoms with Crippen molar-refractivity contribution in [2.45, 2.75) is 18.4 Å². The molecule has 4 nitrogen and oxygen atoms in total. The molecule has 1 saturated carbocycles. The van der Waals surface area contributed by atoms with Crippen molar-refractivity contribution in [2.75, 3.05) is 5.73 Å². The minimum absolute atomic E-state index is 0.409. The first-order valence-electron chi connectivity index (χ1n) is 5.99. The molecule has 2 aliphatic rings. The van der Waals surface area contributed by atoms with E-state index >= 15 is 0 Å². The molecule has 0 unspecified atom stereocenters. The number of nitrogen functional groups attached to an aromatic ring is 1. The lowest BCUT2D eigenvalue weighted by molar-refractivity contribution is 0.318. The second kappa shape index (κ2) is 3.38. The predicted octanol–water partition coefficient (Wildman–Crippen LogP) is 2.70. The molecule has 1 aliphatic heterocycles. The van der Waals surface area contributed by atoms with E-state index in [4.69, 9.17) is 15.2 Å². The summed E-state index contributed by atoms with van der Waals surface area (Å²) in [5, 5.41) is 0. The Bertz CT molecular complexity index is 627. The van der Waals surface area contributed by atoms with E-state index in [9.17, 15) is 0 Å². The molecular formula is C14H12N2O2. The highest BCUT2D eigenvalue weighted by atomic mass is 16.5. The van der Waals surface area contributed by atoms with Gasteiger partial charge in [0.1, 0.15) is 29.2 Å². The van der Waals surface area contributed by atoms with Gasteiger partial charge in [-0.25, -0.2) is 4.98 Å². The van der Waals surface area contributed by atoms with Gasteiger partial charge in [-0.2, -0.15) is 0 Å². The molecule has 4 rings (SSSR count). The number of rotatable bonds is 2. The lowest BCUT2D eigenvalue weighted by Gasteiger charge is -2.08. The molecule has 1 aromatic heterocycles. The van der Waals surface area contributed by atoms with Crippen molar-refractivity contribution in [3.63, 3.8) is 0 Å². The van der Waals surface area contributed by atoms with Crippen LogP contribution in [0.15, 0.2) is 36.5 Å². The predicted molar refractivity (Wildman–Crippen MR) is 66.9 cm³/mol. The van der Waals surface area contributed by atoms with E-state index in [1.807, 2.05) is 12.1 Å². The van der Waals surface area contributed by atoms with Crippen LogP contribution in [0.1, 0.15) is 17.9 Å². The summed E-state index contributed by atoms with van der Waals surface area (Å²) in [6.07, 6.45) is 3.18. The fourth-order valence-corrected chi connectivity index (χ4v) is 2.41. The van der Waals surface area contributed by atoms with E-state index in [0.717, 1.165) is 17.9 Å². The Morgan fingerprint density at radius 1 is 1.22 bits per heavy atom. The third-order valence-electron chi connectivity index (χ3n) is 3.38. The average molecular weight is 240 g/mol. The Labute approximate surface area is 104 Å². The molecule has 18 heavy (non-hydrogen) atoms. The van der Waals surface area contributed by atoms with Gasteiger partial charge >= 0.3 is 0 Å². The molecule has 1 aliphatic carbocycles. The van der Waals surface area contributed by atoms with Gasteiger partial charge in [0.2, 0.25) is 0 Å². The first-order valence-corrected chi connectivity index (χ1v) is 5.99. The molecule has 1 fully saturated rings. The minimum atomic E-state index is 0.409. The van der Waals surface area contributed by atoms with Crippen LogP contribution in [0.3, 0.4) is 0 Å². The van der Waals surface area contributed by atoms with E-state index < -0.39 is 0 Å². The molecule has 2 atom stereocenters. The van der Waals surface area contributed by atoms with Crippen LogP contribution in [0.4, 0.5) is 5.82 Å². The van der Waals surface area contributed by atoms with Crippen molar-refractivity contribution in [3.05, 3.63) is 42.1 Å². The maximum absolute atomic E-state index is 5.78. The molecule has 0 radical (unpaired) electrons. The SMILES string of the molecule is Nc1cc(Oc2ccc3c(c2)[C@H]2C[C@H]2O3)ccn1. The molecule has 2 heterocycles. The molecule has 4 heteroatoms. The third-order valence-corrected chi connectivity index (χ3v) is 3.38. The van der Waals surface area contributed by atoms with Crippen LogP contribution < -0.4 is 15.2 Å². The van der Waals surface area contributed by atoms with E-state index in [2.05, 4.69) is 11.1 Å². The number of pyridine rings is 1. The van der Waals surface area contributed by atoms with Crippen molar-refractivity contribution in [3.8, 4) is 17.2 Å². The van der Waals surface area contributed by atoms with Crippen LogP contribution in [-0.2, 0) is 0 Å². The Hall–Kier alpha value is -2.23.